The van der Waals surface area contributed by atoms with Crippen molar-refractivity contribution in [2.24, 2.45) is 4.99 Å². The van der Waals surface area contributed by atoms with Crippen molar-refractivity contribution in [3.8, 4) is 0 Å². The second-order valence-corrected chi connectivity index (χ2v) is 7.75. The predicted octanol–water partition coefficient (Wildman–Crippen LogP) is 0.432. The molecule has 3 amide bonds. The average Bonchev–Trinajstić information content (AvgIpc) is 2.67. The third-order valence-corrected chi connectivity index (χ3v) is 5.05. The van der Waals surface area contributed by atoms with Crippen molar-refractivity contribution >= 4 is 23.8 Å². The number of rotatable bonds is 6. The number of fused-ring (bicyclic) bond motifs is 1. The molecule has 0 aromatic heterocycles. The number of urea groups is 1. The van der Waals surface area contributed by atoms with Crippen molar-refractivity contribution in [1.29, 1.82) is 0 Å². The number of nitrogens with zero attached hydrogens (tertiary/aromatic N) is 2. The minimum Gasteiger partial charge on any atom is -0.349 e. The molecule has 2 aliphatic heterocycles. The third kappa shape index (κ3) is 6.25. The fourth-order valence-corrected chi connectivity index (χ4v) is 3.50. The molecule has 3 rings (SSSR count). The lowest BCUT2D eigenvalue weighted by atomic mass is 10.0. The zero-order valence-electron chi connectivity index (χ0n) is 17.3. The van der Waals surface area contributed by atoms with Crippen LogP contribution in [0.25, 0.3) is 0 Å². The van der Waals surface area contributed by atoms with Crippen LogP contribution in [0, 0.1) is 0 Å². The summed E-state index contributed by atoms with van der Waals surface area (Å²) in [5.41, 5.74) is 3.06. The maximum Gasteiger partial charge on any atom is 0.321 e. The van der Waals surface area contributed by atoms with Gasteiger partial charge in [-0.1, -0.05) is 6.07 Å². The van der Waals surface area contributed by atoms with E-state index in [1.165, 1.54) is 5.56 Å². The maximum atomic E-state index is 12.4. The van der Waals surface area contributed by atoms with Gasteiger partial charge in [0.1, 0.15) is 6.29 Å². The lowest BCUT2D eigenvalue weighted by Crippen LogP contribution is -2.67. The lowest BCUT2D eigenvalue weighted by molar-refractivity contribution is -0.128. The quantitative estimate of drug-likeness (QED) is 0.475. The van der Waals surface area contributed by atoms with Crippen molar-refractivity contribution < 1.29 is 9.59 Å². The van der Waals surface area contributed by atoms with E-state index in [2.05, 4.69) is 38.5 Å². The highest BCUT2D eigenvalue weighted by atomic mass is 16.2. The van der Waals surface area contributed by atoms with Crippen LogP contribution in [-0.4, -0.2) is 68.7 Å². The van der Waals surface area contributed by atoms with Gasteiger partial charge in [-0.3, -0.25) is 20.4 Å². The number of hydrogen-bond donors (Lipinski definition) is 5. The van der Waals surface area contributed by atoms with Crippen molar-refractivity contribution in [3.05, 3.63) is 29.3 Å². The summed E-state index contributed by atoms with van der Waals surface area (Å²) in [6.45, 7) is 3.43. The molecule has 158 valence electrons. The van der Waals surface area contributed by atoms with Gasteiger partial charge in [-0.25, -0.2) is 4.79 Å². The van der Waals surface area contributed by atoms with Gasteiger partial charge in [0.25, 0.3) is 0 Å². The van der Waals surface area contributed by atoms with Gasteiger partial charge >= 0.3 is 6.03 Å². The number of benzene rings is 1. The minimum atomic E-state index is -0.370. The topological polar surface area (TPSA) is 110 Å². The highest BCUT2D eigenvalue weighted by molar-refractivity contribution is 5.91. The van der Waals surface area contributed by atoms with Gasteiger partial charge in [0.05, 0.1) is 6.17 Å². The van der Waals surface area contributed by atoms with E-state index >= 15 is 0 Å². The van der Waals surface area contributed by atoms with E-state index < -0.39 is 0 Å². The Bertz CT molecular complexity index is 765. The molecule has 9 heteroatoms. The summed E-state index contributed by atoms with van der Waals surface area (Å²) in [5, 5.41) is 15.8. The molecule has 0 bridgehead atoms. The number of carbonyl (C=O) groups excluding carboxylic acids is 2. The fraction of sp³-hybridized carbons (Fsp3) is 0.550. The van der Waals surface area contributed by atoms with Crippen LogP contribution >= 0.6 is 0 Å². The first-order chi connectivity index (χ1) is 13.9. The molecule has 29 heavy (non-hydrogen) atoms. The van der Waals surface area contributed by atoms with E-state index in [9.17, 15) is 9.59 Å². The Morgan fingerprint density at radius 2 is 2.10 bits per heavy atom. The molecule has 0 spiro atoms. The lowest BCUT2D eigenvalue weighted by Gasteiger charge is -2.36. The number of carbonyl (C=O) groups is 2. The fourth-order valence-electron chi connectivity index (χ4n) is 3.50. The molecule has 9 nitrogen and oxygen atoms in total. The average molecular weight is 402 g/mol. The summed E-state index contributed by atoms with van der Waals surface area (Å²) in [7, 11) is 3.50. The van der Waals surface area contributed by atoms with E-state index in [0.29, 0.717) is 13.0 Å². The summed E-state index contributed by atoms with van der Waals surface area (Å²) in [4.78, 5) is 30.0. The van der Waals surface area contributed by atoms with Crippen molar-refractivity contribution in [3.63, 3.8) is 0 Å². The first kappa shape index (κ1) is 21.2. The van der Waals surface area contributed by atoms with Gasteiger partial charge in [0.15, 0.2) is 0 Å². The Labute approximate surface area is 171 Å². The molecule has 0 radical (unpaired) electrons. The third-order valence-electron chi connectivity index (χ3n) is 5.05. The van der Waals surface area contributed by atoms with Crippen LogP contribution < -0.4 is 26.6 Å². The zero-order chi connectivity index (χ0) is 20.8. The van der Waals surface area contributed by atoms with Gasteiger partial charge in [0, 0.05) is 51.5 Å². The summed E-state index contributed by atoms with van der Waals surface area (Å²) in [6.07, 6.45) is 3.69. The summed E-state index contributed by atoms with van der Waals surface area (Å²) < 4.78 is 0. The molecule has 2 aliphatic rings. The van der Waals surface area contributed by atoms with Gasteiger partial charge in [-0.15, -0.1) is 0 Å². The Kier molecular flexibility index (Phi) is 7.18. The Hall–Kier alpha value is -2.49. The van der Waals surface area contributed by atoms with Crippen LogP contribution in [0.15, 0.2) is 23.2 Å². The normalized spacial score (nSPS) is 23.2. The molecule has 0 aliphatic carbocycles. The Morgan fingerprint density at radius 3 is 2.90 bits per heavy atom. The molecule has 1 aromatic rings. The smallest absolute Gasteiger partial charge is 0.321 e. The number of nitrogens with one attached hydrogen (secondary N) is 5. The van der Waals surface area contributed by atoms with Gasteiger partial charge < -0.3 is 20.9 Å². The van der Waals surface area contributed by atoms with E-state index in [4.69, 9.17) is 0 Å². The SMILES string of the molecule is CC1CC(NCCC(=O)N(C)C)NC(NC(=O)Nc2ccc3c(c2)CCN=C3)N1. The van der Waals surface area contributed by atoms with Crippen LogP contribution in [0.4, 0.5) is 10.5 Å². The van der Waals surface area contributed by atoms with Crippen molar-refractivity contribution in [1.82, 2.24) is 26.2 Å². The zero-order valence-corrected chi connectivity index (χ0v) is 17.3. The number of aliphatic imine (C=N–C) groups is 1. The summed E-state index contributed by atoms with van der Waals surface area (Å²) in [6, 6.07) is 5.78. The van der Waals surface area contributed by atoms with Gasteiger partial charge in [-0.2, -0.15) is 0 Å². The molecule has 2 heterocycles. The number of amides is 3. The van der Waals surface area contributed by atoms with Crippen LogP contribution in [0.5, 0.6) is 0 Å². The van der Waals surface area contributed by atoms with Crippen LogP contribution in [-0.2, 0) is 11.2 Å². The van der Waals surface area contributed by atoms with Crippen molar-refractivity contribution in [2.75, 3.05) is 32.5 Å². The molecule has 5 N–H and O–H groups in total. The monoisotopic (exact) mass is 401 g/mol. The molecular weight excluding hydrogens is 370 g/mol. The molecule has 1 fully saturated rings. The predicted molar refractivity (Wildman–Crippen MR) is 114 cm³/mol. The highest BCUT2D eigenvalue weighted by Gasteiger charge is 2.26. The van der Waals surface area contributed by atoms with Crippen LogP contribution in [0.1, 0.15) is 30.9 Å². The second-order valence-electron chi connectivity index (χ2n) is 7.75. The van der Waals surface area contributed by atoms with E-state index in [0.717, 1.165) is 30.6 Å². The van der Waals surface area contributed by atoms with E-state index in [1.807, 2.05) is 24.4 Å². The van der Waals surface area contributed by atoms with Crippen LogP contribution in [0.2, 0.25) is 0 Å². The van der Waals surface area contributed by atoms with Crippen LogP contribution in [0.3, 0.4) is 0 Å². The molecule has 3 atom stereocenters. The van der Waals surface area contributed by atoms with E-state index in [-0.39, 0.29) is 30.4 Å². The first-order valence-corrected chi connectivity index (χ1v) is 10.1. The Morgan fingerprint density at radius 1 is 1.28 bits per heavy atom. The standard InChI is InChI=1S/C20H31N7O2/c1-13-10-17(22-9-7-18(28)27(2)3)25-19(23-13)26-20(29)24-16-5-4-15-12-21-8-6-14(15)11-16/h4-5,11-13,17,19,22-23,25H,6-10H2,1-3H3,(H2,24,26,29). The Balaban J connectivity index is 1.48. The molecule has 0 saturated carbocycles. The maximum absolute atomic E-state index is 12.4. The molecule has 3 unspecified atom stereocenters. The minimum absolute atomic E-state index is 0.00884. The first-order valence-electron chi connectivity index (χ1n) is 10.1. The summed E-state index contributed by atoms with van der Waals surface area (Å²) in [5.74, 6) is 0.0878. The van der Waals surface area contributed by atoms with Gasteiger partial charge in [-0.05, 0) is 43.0 Å². The second kappa shape index (κ2) is 9.82. The molecule has 1 saturated heterocycles. The summed E-state index contributed by atoms with van der Waals surface area (Å²) >= 11 is 0. The number of hydrogen-bond acceptors (Lipinski definition) is 6. The van der Waals surface area contributed by atoms with Crippen molar-refractivity contribution in [2.45, 2.75) is 44.7 Å². The molecular formula is C20H31N7O2. The number of anilines is 1. The largest absolute Gasteiger partial charge is 0.349 e. The molecule has 1 aromatic carbocycles. The van der Waals surface area contributed by atoms with Gasteiger partial charge in [0.2, 0.25) is 5.91 Å². The van der Waals surface area contributed by atoms with E-state index in [1.54, 1.807) is 19.0 Å². The highest BCUT2D eigenvalue weighted by Crippen LogP contribution is 2.18.